The summed E-state index contributed by atoms with van der Waals surface area (Å²) in [5.41, 5.74) is 0.863. The minimum Gasteiger partial charge on any atom is -0.490 e. The second-order valence-electron chi connectivity index (χ2n) is 4.87. The Balaban J connectivity index is 3.19. The normalized spacial score (nSPS) is 14.5. The van der Waals surface area contributed by atoms with Gasteiger partial charge in [-0.05, 0) is 45.5 Å². The Morgan fingerprint density at radius 1 is 1.14 bits per heavy atom. The van der Waals surface area contributed by atoms with Crippen LogP contribution in [0.5, 0.6) is 11.5 Å². The summed E-state index contributed by atoms with van der Waals surface area (Å²) in [4.78, 5) is 0. The molecule has 21 heavy (non-hydrogen) atoms. The molecule has 0 amide bonds. The lowest BCUT2D eigenvalue weighted by Gasteiger charge is -2.23. The fourth-order valence-corrected chi connectivity index (χ4v) is 2.97. The summed E-state index contributed by atoms with van der Waals surface area (Å²) in [6.45, 7) is 6.58. The molecule has 0 aliphatic rings. The first-order valence-corrected chi connectivity index (χ1v) is 9.06. The number of nitrogens with one attached hydrogen (secondary N) is 1. The highest BCUT2D eigenvalue weighted by Gasteiger charge is 2.26. The van der Waals surface area contributed by atoms with Gasteiger partial charge < -0.3 is 14.8 Å². The average molecular weight is 315 g/mol. The Labute approximate surface area is 127 Å². The second kappa shape index (κ2) is 7.66. The molecular weight excluding hydrogens is 290 g/mol. The molecule has 1 rings (SSSR count). The lowest BCUT2D eigenvalue weighted by molar-refractivity contribution is 0.287. The molecule has 0 aromatic heterocycles. The molecule has 1 N–H and O–H groups in total. The van der Waals surface area contributed by atoms with Crippen molar-refractivity contribution < 1.29 is 17.9 Å². The molecule has 6 heteroatoms. The Hall–Kier alpha value is -1.27. The van der Waals surface area contributed by atoms with E-state index in [0.717, 1.165) is 5.56 Å². The van der Waals surface area contributed by atoms with E-state index in [4.69, 9.17) is 9.47 Å². The third-order valence-electron chi connectivity index (χ3n) is 3.38. The maximum absolute atomic E-state index is 11.8. The Morgan fingerprint density at radius 3 is 2.19 bits per heavy atom. The van der Waals surface area contributed by atoms with E-state index in [0.29, 0.717) is 24.7 Å². The largest absolute Gasteiger partial charge is 0.490 e. The topological polar surface area (TPSA) is 64.6 Å². The third-order valence-corrected chi connectivity index (χ3v) is 5.01. The van der Waals surface area contributed by atoms with Crippen molar-refractivity contribution in [2.75, 3.05) is 26.5 Å². The summed E-state index contributed by atoms with van der Waals surface area (Å²) in [6, 6.07) is 5.24. The van der Waals surface area contributed by atoms with Gasteiger partial charge in [0, 0.05) is 12.3 Å². The maximum Gasteiger partial charge on any atom is 0.161 e. The number of rotatable bonds is 8. The minimum absolute atomic E-state index is 0.296. The number of hydrogen-bond acceptors (Lipinski definition) is 5. The predicted octanol–water partition coefficient (Wildman–Crippen LogP) is 2.18. The van der Waals surface area contributed by atoms with Crippen LogP contribution >= 0.6 is 0 Å². The van der Waals surface area contributed by atoms with Crippen LogP contribution in [0.2, 0.25) is 0 Å². The number of benzene rings is 1. The summed E-state index contributed by atoms with van der Waals surface area (Å²) in [5, 5.41) is 2.54. The summed E-state index contributed by atoms with van der Waals surface area (Å²) < 4.78 is 34.7. The highest BCUT2D eigenvalue weighted by Crippen LogP contribution is 2.32. The lowest BCUT2D eigenvalue weighted by atomic mass is 10.0. The van der Waals surface area contributed by atoms with E-state index in [9.17, 15) is 8.42 Å². The van der Waals surface area contributed by atoms with Gasteiger partial charge in [0.2, 0.25) is 0 Å². The van der Waals surface area contributed by atoms with Crippen molar-refractivity contribution in [2.24, 2.45) is 0 Å². The molecule has 0 aliphatic carbocycles. The van der Waals surface area contributed by atoms with Gasteiger partial charge in [-0.15, -0.1) is 0 Å². The highest BCUT2D eigenvalue weighted by atomic mass is 32.2. The highest BCUT2D eigenvalue weighted by molar-refractivity contribution is 7.91. The molecule has 5 nitrogen and oxygen atoms in total. The van der Waals surface area contributed by atoms with Gasteiger partial charge in [-0.1, -0.05) is 6.07 Å². The van der Waals surface area contributed by atoms with Gasteiger partial charge in [0.15, 0.2) is 21.3 Å². The van der Waals surface area contributed by atoms with Gasteiger partial charge in [0.25, 0.3) is 0 Å². The summed E-state index contributed by atoms with van der Waals surface area (Å²) in [5.74, 6) is 1.31. The molecule has 0 spiro atoms. The van der Waals surface area contributed by atoms with Crippen LogP contribution < -0.4 is 14.8 Å². The van der Waals surface area contributed by atoms with Crippen LogP contribution in [-0.4, -0.2) is 40.2 Å². The zero-order valence-corrected chi connectivity index (χ0v) is 14.2. The number of hydrogen-bond donors (Lipinski definition) is 1. The summed E-state index contributed by atoms with van der Waals surface area (Å²) in [6.07, 6.45) is 1.25. The van der Waals surface area contributed by atoms with Crippen LogP contribution in [0.1, 0.15) is 32.4 Å². The molecule has 0 heterocycles. The van der Waals surface area contributed by atoms with E-state index in [1.165, 1.54) is 6.26 Å². The van der Waals surface area contributed by atoms with E-state index in [1.807, 2.05) is 32.0 Å². The van der Waals surface area contributed by atoms with E-state index in [-0.39, 0.29) is 6.04 Å². The minimum atomic E-state index is -3.14. The second-order valence-corrected chi connectivity index (χ2v) is 7.28. The van der Waals surface area contributed by atoms with Crippen molar-refractivity contribution in [3.05, 3.63) is 23.8 Å². The third kappa shape index (κ3) is 4.61. The molecule has 0 radical (unpaired) electrons. The molecular formula is C15H25NO4S. The van der Waals surface area contributed by atoms with Gasteiger partial charge in [-0.2, -0.15) is 0 Å². The smallest absolute Gasteiger partial charge is 0.161 e. The number of sulfone groups is 1. The number of ether oxygens (including phenoxy) is 2. The molecule has 1 aromatic carbocycles. The van der Waals surface area contributed by atoms with Crippen molar-refractivity contribution in [1.82, 2.24) is 5.32 Å². The Kier molecular flexibility index (Phi) is 6.48. The molecule has 0 aliphatic heterocycles. The van der Waals surface area contributed by atoms with Gasteiger partial charge in [0.1, 0.15) is 0 Å². The average Bonchev–Trinajstić information content (AvgIpc) is 2.41. The standard InChI is InChI=1S/C15H25NO4S/c1-6-19-13-9-8-12(10-14(13)20-7-2)15(16-4)11(3)21(5,17)18/h8-11,15-16H,6-7H2,1-5H3. The van der Waals surface area contributed by atoms with E-state index in [1.54, 1.807) is 14.0 Å². The van der Waals surface area contributed by atoms with Gasteiger partial charge >= 0.3 is 0 Å². The Bertz CT molecular complexity index is 557. The lowest BCUT2D eigenvalue weighted by Crippen LogP contribution is -2.33. The van der Waals surface area contributed by atoms with Crippen molar-refractivity contribution in [2.45, 2.75) is 32.1 Å². The Morgan fingerprint density at radius 2 is 1.71 bits per heavy atom. The van der Waals surface area contributed by atoms with Crippen molar-refractivity contribution >= 4 is 9.84 Å². The van der Waals surface area contributed by atoms with Crippen molar-refractivity contribution in [3.63, 3.8) is 0 Å². The van der Waals surface area contributed by atoms with Gasteiger partial charge in [-0.25, -0.2) is 8.42 Å². The van der Waals surface area contributed by atoms with Crippen molar-refractivity contribution in [3.8, 4) is 11.5 Å². The molecule has 2 unspecified atom stereocenters. The first-order chi connectivity index (χ1) is 9.85. The quantitative estimate of drug-likeness (QED) is 0.796. The monoisotopic (exact) mass is 315 g/mol. The molecule has 0 saturated heterocycles. The van der Waals surface area contributed by atoms with Crippen LogP contribution in [-0.2, 0) is 9.84 Å². The fraction of sp³-hybridized carbons (Fsp3) is 0.600. The maximum atomic E-state index is 11.8. The first kappa shape index (κ1) is 17.8. The first-order valence-electron chi connectivity index (χ1n) is 7.10. The van der Waals surface area contributed by atoms with Crippen LogP contribution in [0.25, 0.3) is 0 Å². The summed E-state index contributed by atoms with van der Waals surface area (Å²) >= 11 is 0. The van der Waals surface area contributed by atoms with Crippen LogP contribution in [0.3, 0.4) is 0 Å². The SMILES string of the molecule is CCOc1ccc(C(NC)C(C)S(C)(=O)=O)cc1OCC. The van der Waals surface area contributed by atoms with Crippen LogP contribution in [0.15, 0.2) is 18.2 Å². The zero-order valence-electron chi connectivity index (χ0n) is 13.3. The van der Waals surface area contributed by atoms with Crippen LogP contribution in [0, 0.1) is 0 Å². The van der Waals surface area contributed by atoms with E-state index in [2.05, 4.69) is 5.32 Å². The zero-order chi connectivity index (χ0) is 16.0. The predicted molar refractivity (Wildman–Crippen MR) is 84.9 cm³/mol. The van der Waals surface area contributed by atoms with Gasteiger partial charge in [0.05, 0.1) is 18.5 Å². The molecule has 0 bridgehead atoms. The fourth-order valence-electron chi connectivity index (χ4n) is 2.18. The summed E-state index contributed by atoms with van der Waals surface area (Å²) in [7, 11) is -1.39. The van der Waals surface area contributed by atoms with Gasteiger partial charge in [-0.3, -0.25) is 0 Å². The van der Waals surface area contributed by atoms with E-state index < -0.39 is 15.1 Å². The van der Waals surface area contributed by atoms with Crippen molar-refractivity contribution in [1.29, 1.82) is 0 Å². The molecule has 0 saturated carbocycles. The van der Waals surface area contributed by atoms with Crippen LogP contribution in [0.4, 0.5) is 0 Å². The molecule has 1 aromatic rings. The van der Waals surface area contributed by atoms with E-state index >= 15 is 0 Å². The molecule has 0 fully saturated rings. The molecule has 120 valence electrons. The molecule has 2 atom stereocenters.